The van der Waals surface area contributed by atoms with Gasteiger partial charge in [0.1, 0.15) is 0 Å². The maximum Gasteiger partial charge on any atom is 0.251 e. The van der Waals surface area contributed by atoms with Crippen LogP contribution in [0.25, 0.3) is 0 Å². The average molecular weight is 290 g/mol. The highest BCUT2D eigenvalue weighted by atomic mass is 16.3. The van der Waals surface area contributed by atoms with Crippen LogP contribution < -0.4 is 10.6 Å². The summed E-state index contributed by atoms with van der Waals surface area (Å²) in [7, 11) is 0. The first-order chi connectivity index (χ1) is 10.2. The summed E-state index contributed by atoms with van der Waals surface area (Å²) in [5.74, 6) is -0.305. The lowest BCUT2D eigenvalue weighted by Crippen LogP contribution is -2.49. The van der Waals surface area contributed by atoms with Crippen molar-refractivity contribution in [3.8, 4) is 0 Å². The molecular formula is C16H22N2O3. The topological polar surface area (TPSA) is 78.4 Å². The molecular weight excluding hydrogens is 268 g/mol. The van der Waals surface area contributed by atoms with Crippen molar-refractivity contribution in [1.29, 1.82) is 0 Å². The third-order valence-corrected chi connectivity index (χ3v) is 3.94. The van der Waals surface area contributed by atoms with Crippen LogP contribution in [-0.4, -0.2) is 35.6 Å². The lowest BCUT2D eigenvalue weighted by molar-refractivity contribution is -0.123. The normalized spacial score (nSPS) is 16.4. The molecule has 0 unspecified atom stereocenters. The fourth-order valence-electron chi connectivity index (χ4n) is 2.71. The number of hydrogen-bond acceptors (Lipinski definition) is 3. The van der Waals surface area contributed by atoms with Crippen molar-refractivity contribution in [2.75, 3.05) is 13.2 Å². The Hall–Kier alpha value is -1.88. The van der Waals surface area contributed by atoms with E-state index in [1.165, 1.54) is 0 Å². The second-order valence-electron chi connectivity index (χ2n) is 5.57. The summed E-state index contributed by atoms with van der Waals surface area (Å²) in [6, 6.07) is 8.91. The van der Waals surface area contributed by atoms with Gasteiger partial charge in [0.05, 0.1) is 12.1 Å². The van der Waals surface area contributed by atoms with E-state index in [4.69, 9.17) is 0 Å². The highest BCUT2D eigenvalue weighted by Crippen LogP contribution is 2.29. The average Bonchev–Trinajstić information content (AvgIpc) is 2.97. The molecule has 0 aromatic heterocycles. The Kier molecular flexibility index (Phi) is 5.33. The van der Waals surface area contributed by atoms with Crippen LogP contribution in [0.15, 0.2) is 30.3 Å². The molecule has 1 aromatic rings. The monoisotopic (exact) mass is 290 g/mol. The molecule has 0 heterocycles. The van der Waals surface area contributed by atoms with Crippen molar-refractivity contribution < 1.29 is 14.7 Å². The quantitative estimate of drug-likeness (QED) is 0.737. The van der Waals surface area contributed by atoms with Gasteiger partial charge in [-0.25, -0.2) is 0 Å². The highest BCUT2D eigenvalue weighted by molar-refractivity contribution is 5.94. The highest BCUT2D eigenvalue weighted by Gasteiger charge is 2.34. The van der Waals surface area contributed by atoms with E-state index in [9.17, 15) is 14.7 Å². The number of rotatable bonds is 6. The van der Waals surface area contributed by atoms with Crippen LogP contribution in [0, 0.1) is 0 Å². The minimum atomic E-state index is -0.444. The minimum absolute atomic E-state index is 0.0187. The summed E-state index contributed by atoms with van der Waals surface area (Å²) in [5.41, 5.74) is 0.140. The van der Waals surface area contributed by atoms with Gasteiger partial charge >= 0.3 is 0 Å². The second-order valence-corrected chi connectivity index (χ2v) is 5.57. The van der Waals surface area contributed by atoms with E-state index in [1.54, 1.807) is 24.3 Å². The van der Waals surface area contributed by atoms with E-state index in [0.717, 1.165) is 25.7 Å². The zero-order chi connectivity index (χ0) is 15.1. The van der Waals surface area contributed by atoms with Crippen molar-refractivity contribution in [3.05, 3.63) is 35.9 Å². The molecule has 0 bridgehead atoms. The van der Waals surface area contributed by atoms with Crippen molar-refractivity contribution in [2.24, 2.45) is 0 Å². The van der Waals surface area contributed by atoms with Crippen LogP contribution in [0.5, 0.6) is 0 Å². The first-order valence-corrected chi connectivity index (χ1v) is 7.40. The first kappa shape index (κ1) is 15.5. The Balaban J connectivity index is 1.73. The number of benzene rings is 1. The van der Waals surface area contributed by atoms with E-state index < -0.39 is 5.54 Å². The fraction of sp³-hybridized carbons (Fsp3) is 0.500. The Morgan fingerprint density at radius 1 is 1.14 bits per heavy atom. The molecule has 1 aromatic carbocycles. The predicted octanol–water partition coefficient (Wildman–Crippen LogP) is 1.23. The van der Waals surface area contributed by atoms with E-state index in [1.807, 2.05) is 6.07 Å². The number of aliphatic hydroxyl groups excluding tert-OH is 1. The molecule has 1 aliphatic rings. The van der Waals surface area contributed by atoms with Crippen LogP contribution in [0.3, 0.4) is 0 Å². The maximum atomic E-state index is 11.9. The van der Waals surface area contributed by atoms with Gasteiger partial charge in [-0.15, -0.1) is 0 Å². The van der Waals surface area contributed by atoms with Crippen LogP contribution >= 0.6 is 0 Å². The summed E-state index contributed by atoms with van der Waals surface area (Å²) in [5, 5.41) is 15.1. The predicted molar refractivity (Wildman–Crippen MR) is 79.8 cm³/mol. The number of hydrogen-bond donors (Lipinski definition) is 3. The molecule has 1 fully saturated rings. The SMILES string of the molecule is O=C(CCNC(=O)c1ccccc1)NC1(CO)CCCC1. The third kappa shape index (κ3) is 4.29. The second kappa shape index (κ2) is 7.22. The number of carbonyl (C=O) groups is 2. The smallest absolute Gasteiger partial charge is 0.251 e. The number of aliphatic hydroxyl groups is 1. The Labute approximate surface area is 124 Å². The summed E-state index contributed by atoms with van der Waals surface area (Å²) in [4.78, 5) is 23.7. The summed E-state index contributed by atoms with van der Waals surface area (Å²) in [6.07, 6.45) is 3.94. The molecule has 1 aliphatic carbocycles. The van der Waals surface area contributed by atoms with Gasteiger partial charge in [-0.2, -0.15) is 0 Å². The Bertz CT molecular complexity index is 482. The third-order valence-electron chi connectivity index (χ3n) is 3.94. The van der Waals surface area contributed by atoms with Gasteiger partial charge < -0.3 is 15.7 Å². The van der Waals surface area contributed by atoms with Gasteiger partial charge in [0.25, 0.3) is 5.91 Å². The maximum absolute atomic E-state index is 11.9. The standard InChI is InChI=1S/C16H22N2O3/c19-12-16(9-4-5-10-16)18-14(20)8-11-17-15(21)13-6-2-1-3-7-13/h1-3,6-7,19H,4-5,8-12H2,(H,17,21)(H,18,20). The van der Waals surface area contributed by atoms with Crippen LogP contribution in [0.2, 0.25) is 0 Å². The molecule has 0 aliphatic heterocycles. The molecule has 21 heavy (non-hydrogen) atoms. The van der Waals surface area contributed by atoms with Crippen molar-refractivity contribution in [2.45, 2.75) is 37.6 Å². The lowest BCUT2D eigenvalue weighted by Gasteiger charge is -2.28. The molecule has 0 atom stereocenters. The zero-order valence-electron chi connectivity index (χ0n) is 12.1. The van der Waals surface area contributed by atoms with Gasteiger partial charge in [0, 0.05) is 18.5 Å². The summed E-state index contributed by atoms with van der Waals surface area (Å²) < 4.78 is 0. The van der Waals surface area contributed by atoms with E-state index in [0.29, 0.717) is 12.1 Å². The van der Waals surface area contributed by atoms with Crippen LogP contribution in [0.1, 0.15) is 42.5 Å². The van der Waals surface area contributed by atoms with Gasteiger partial charge in [-0.1, -0.05) is 31.0 Å². The van der Waals surface area contributed by atoms with Gasteiger partial charge in [-0.05, 0) is 25.0 Å². The number of nitrogens with one attached hydrogen (secondary N) is 2. The molecule has 114 valence electrons. The molecule has 0 saturated heterocycles. The molecule has 2 amide bonds. The van der Waals surface area contributed by atoms with E-state index >= 15 is 0 Å². The number of amides is 2. The van der Waals surface area contributed by atoms with Gasteiger partial charge in [0.2, 0.25) is 5.91 Å². The molecule has 0 spiro atoms. The number of carbonyl (C=O) groups excluding carboxylic acids is 2. The van der Waals surface area contributed by atoms with Gasteiger partial charge in [0.15, 0.2) is 0 Å². The first-order valence-electron chi connectivity index (χ1n) is 7.40. The van der Waals surface area contributed by atoms with Gasteiger partial charge in [-0.3, -0.25) is 9.59 Å². The molecule has 0 radical (unpaired) electrons. The van der Waals surface area contributed by atoms with Crippen LogP contribution in [-0.2, 0) is 4.79 Å². The molecule has 1 saturated carbocycles. The van der Waals surface area contributed by atoms with E-state index in [2.05, 4.69) is 10.6 Å². The molecule has 3 N–H and O–H groups in total. The summed E-state index contributed by atoms with van der Waals surface area (Å²) in [6.45, 7) is 0.274. The molecule has 2 rings (SSSR count). The minimum Gasteiger partial charge on any atom is -0.394 e. The van der Waals surface area contributed by atoms with Crippen molar-refractivity contribution in [3.63, 3.8) is 0 Å². The largest absolute Gasteiger partial charge is 0.394 e. The lowest BCUT2D eigenvalue weighted by atomic mass is 9.99. The zero-order valence-corrected chi connectivity index (χ0v) is 12.1. The van der Waals surface area contributed by atoms with Crippen LogP contribution in [0.4, 0.5) is 0 Å². The van der Waals surface area contributed by atoms with Crippen molar-refractivity contribution >= 4 is 11.8 Å². The van der Waals surface area contributed by atoms with E-state index in [-0.39, 0.29) is 24.8 Å². The Morgan fingerprint density at radius 2 is 1.81 bits per heavy atom. The molecule has 5 nitrogen and oxygen atoms in total. The van der Waals surface area contributed by atoms with Crippen molar-refractivity contribution in [1.82, 2.24) is 10.6 Å². The summed E-state index contributed by atoms with van der Waals surface area (Å²) >= 11 is 0. The molecule has 5 heteroatoms. The Morgan fingerprint density at radius 3 is 2.43 bits per heavy atom. The fourth-order valence-corrected chi connectivity index (χ4v) is 2.71.